The smallest absolute Gasteiger partial charge is 0.247 e. The molecule has 4 amide bonds. The Labute approximate surface area is 322 Å². The Bertz CT molecular complexity index is 1940. The van der Waals surface area contributed by atoms with Crippen LogP contribution in [0.5, 0.6) is 0 Å². The third-order valence-corrected chi connectivity index (χ3v) is 11.0. The Morgan fingerprint density at radius 2 is 1.11 bits per heavy atom. The third kappa shape index (κ3) is 8.23. The third-order valence-electron chi connectivity index (χ3n) is 11.0. The fraction of sp³-hybridized carbons (Fsp3) is 0.526. The van der Waals surface area contributed by atoms with Crippen LogP contribution in [-0.4, -0.2) is 139 Å². The van der Waals surface area contributed by atoms with Gasteiger partial charge in [-0.2, -0.15) is 0 Å². The second-order valence-electron chi connectivity index (χ2n) is 14.5. The van der Waals surface area contributed by atoms with E-state index in [-0.39, 0.29) is 13.1 Å². The van der Waals surface area contributed by atoms with Crippen LogP contribution in [0.3, 0.4) is 0 Å². The van der Waals surface area contributed by atoms with Crippen LogP contribution in [0.1, 0.15) is 39.5 Å². The zero-order valence-electron chi connectivity index (χ0n) is 32.0. The summed E-state index contributed by atoms with van der Waals surface area (Å²) in [5.74, 6) is -2.09. The van der Waals surface area contributed by atoms with Gasteiger partial charge in [0.2, 0.25) is 23.6 Å². The molecule has 16 nitrogen and oxygen atoms in total. The van der Waals surface area contributed by atoms with Crippen molar-refractivity contribution in [2.45, 2.75) is 88.9 Å². The molecule has 0 radical (unpaired) electrons. The summed E-state index contributed by atoms with van der Waals surface area (Å²) in [6, 6.07) is 4.15. The first-order valence-electron chi connectivity index (χ1n) is 19.0. The van der Waals surface area contributed by atoms with Gasteiger partial charge < -0.3 is 50.4 Å². The number of aliphatic hydroxyl groups excluding tert-OH is 2. The summed E-state index contributed by atoms with van der Waals surface area (Å²) in [6.07, 6.45) is 2.53. The van der Waals surface area contributed by atoms with Gasteiger partial charge in [0.1, 0.15) is 23.7 Å². The Morgan fingerprint density at radius 3 is 1.46 bits per heavy atom. The zero-order chi connectivity index (χ0) is 40.3. The highest BCUT2D eigenvalue weighted by molar-refractivity contribution is 5.91. The maximum atomic E-state index is 14.7. The molecule has 0 bridgehead atoms. The fourth-order valence-electron chi connectivity index (χ4n) is 7.60. The standard InChI is InChI=1S/C38H50F2N10O6/c1-21(41-3)35(53)45-29(19-51)37(55)47-13-5-7-25(47)17-49-31-11-9-23(39)15-27(31)43-33(49)34-44-28-16-24(40)10-12-32(28)50(34)18-26-8-6-14-48(26)38(56)30(20-52)46-36(54)22(2)42-4/h9-12,15-16,21-22,25-26,29-30,41-42,51-52H,5-8,13-14,17-20H2,1-4H3,(H,45,53)(H,46,54)/t21-,22-,25+,26+,29-,30-/m1/s1. The number of fused-ring (bicyclic) bond motifs is 2. The lowest BCUT2D eigenvalue weighted by Crippen LogP contribution is -2.55. The number of halogens is 2. The molecule has 2 aliphatic heterocycles. The second-order valence-corrected chi connectivity index (χ2v) is 14.5. The molecule has 6 N–H and O–H groups in total. The van der Waals surface area contributed by atoms with Crippen molar-refractivity contribution in [2.75, 3.05) is 40.4 Å². The summed E-state index contributed by atoms with van der Waals surface area (Å²) in [4.78, 5) is 65.9. The number of aliphatic hydroxyl groups is 2. The van der Waals surface area contributed by atoms with Crippen LogP contribution in [-0.2, 0) is 32.3 Å². The minimum atomic E-state index is -1.16. The molecule has 0 saturated carbocycles. The van der Waals surface area contributed by atoms with Crippen LogP contribution in [0.4, 0.5) is 8.78 Å². The van der Waals surface area contributed by atoms with Crippen LogP contribution in [0.15, 0.2) is 36.4 Å². The minimum Gasteiger partial charge on any atom is -0.394 e. The predicted octanol–water partition coefficient (Wildman–Crippen LogP) is 0.483. The lowest BCUT2D eigenvalue weighted by molar-refractivity contribution is -0.139. The highest BCUT2D eigenvalue weighted by atomic mass is 19.1. The molecule has 2 aromatic carbocycles. The number of hydrogen-bond donors (Lipinski definition) is 6. The molecule has 2 saturated heterocycles. The van der Waals surface area contributed by atoms with Crippen LogP contribution in [0.2, 0.25) is 0 Å². The number of imidazole rings is 2. The molecule has 2 aliphatic rings. The average Bonchev–Trinajstić information content (AvgIpc) is 4.00. The van der Waals surface area contributed by atoms with E-state index >= 15 is 0 Å². The van der Waals surface area contributed by atoms with Crippen LogP contribution in [0, 0.1) is 11.6 Å². The number of hydrogen-bond acceptors (Lipinski definition) is 10. The van der Waals surface area contributed by atoms with E-state index in [4.69, 9.17) is 9.97 Å². The molecular weight excluding hydrogens is 730 g/mol. The van der Waals surface area contributed by atoms with Crippen LogP contribution in [0.25, 0.3) is 33.7 Å². The van der Waals surface area contributed by atoms with E-state index in [1.165, 1.54) is 24.3 Å². The molecule has 0 spiro atoms. The molecule has 2 fully saturated rings. The first kappa shape index (κ1) is 40.6. The number of carbonyl (C=O) groups excluding carboxylic acids is 4. The largest absolute Gasteiger partial charge is 0.394 e. The molecule has 4 heterocycles. The van der Waals surface area contributed by atoms with Gasteiger partial charge in [0.05, 0.1) is 47.4 Å². The van der Waals surface area contributed by atoms with Gasteiger partial charge in [-0.25, -0.2) is 18.7 Å². The van der Waals surface area contributed by atoms with E-state index < -0.39 is 84.7 Å². The van der Waals surface area contributed by atoms with Gasteiger partial charge in [-0.15, -0.1) is 0 Å². The van der Waals surface area contributed by atoms with E-state index in [1.54, 1.807) is 49.9 Å². The Hall–Kier alpha value is -5.04. The molecule has 0 unspecified atom stereocenters. The summed E-state index contributed by atoms with van der Waals surface area (Å²) in [7, 11) is 3.23. The van der Waals surface area contributed by atoms with Crippen molar-refractivity contribution in [2.24, 2.45) is 0 Å². The average molecular weight is 781 g/mol. The number of likely N-dealkylation sites (N-methyl/N-ethyl adjacent to an activating group) is 2. The van der Waals surface area contributed by atoms with Crippen LogP contribution >= 0.6 is 0 Å². The number of amides is 4. The number of benzene rings is 2. The molecule has 4 aromatic rings. The number of rotatable bonds is 15. The molecule has 18 heteroatoms. The molecule has 0 aliphatic carbocycles. The summed E-state index contributed by atoms with van der Waals surface area (Å²) in [5, 5.41) is 31.2. The van der Waals surface area contributed by atoms with Crippen molar-refractivity contribution in [3.8, 4) is 11.6 Å². The minimum absolute atomic E-state index is 0.205. The van der Waals surface area contributed by atoms with Crippen molar-refractivity contribution in [1.82, 2.24) is 50.2 Å². The monoisotopic (exact) mass is 780 g/mol. The van der Waals surface area contributed by atoms with E-state index in [2.05, 4.69) is 21.3 Å². The zero-order valence-corrected chi connectivity index (χ0v) is 32.0. The molecule has 302 valence electrons. The molecule has 6 rings (SSSR count). The van der Waals surface area contributed by atoms with Crippen LogP contribution < -0.4 is 21.3 Å². The summed E-state index contributed by atoms with van der Waals surface area (Å²) < 4.78 is 33.1. The quantitative estimate of drug-likeness (QED) is 0.0988. The number of likely N-dealkylation sites (tertiary alicyclic amines) is 2. The highest BCUT2D eigenvalue weighted by Crippen LogP contribution is 2.33. The predicted molar refractivity (Wildman–Crippen MR) is 203 cm³/mol. The number of carbonyl (C=O) groups is 4. The van der Waals surface area contributed by atoms with E-state index in [0.717, 1.165) is 0 Å². The summed E-state index contributed by atoms with van der Waals surface area (Å²) in [6.45, 7) is 3.29. The molecule has 6 atom stereocenters. The molecule has 56 heavy (non-hydrogen) atoms. The van der Waals surface area contributed by atoms with Gasteiger partial charge in [0.15, 0.2) is 11.6 Å². The van der Waals surface area contributed by atoms with Crippen molar-refractivity contribution in [3.63, 3.8) is 0 Å². The van der Waals surface area contributed by atoms with Crippen molar-refractivity contribution in [3.05, 3.63) is 48.0 Å². The first-order chi connectivity index (χ1) is 26.9. The van der Waals surface area contributed by atoms with Gasteiger partial charge in [-0.05, 0) is 77.9 Å². The van der Waals surface area contributed by atoms with Gasteiger partial charge >= 0.3 is 0 Å². The summed E-state index contributed by atoms with van der Waals surface area (Å²) in [5.41, 5.74) is 1.79. The number of nitrogens with zero attached hydrogens (tertiary/aromatic N) is 6. The SMILES string of the molecule is CN[C@H](C)C(=O)N[C@H](CO)C(=O)N1CCC[C@H]1Cn1c(-c2nc3cc(F)ccc3n2C[C@@H]2CCCN2C(=O)[C@@H](CO)NC(=O)[C@@H](C)NC)nc2cc(F)ccc21. The van der Waals surface area contributed by atoms with Gasteiger partial charge in [0, 0.05) is 50.4 Å². The van der Waals surface area contributed by atoms with Gasteiger partial charge in [-0.3, -0.25) is 19.2 Å². The maximum absolute atomic E-state index is 14.7. The topological polar surface area (TPSA) is 199 Å². The van der Waals surface area contributed by atoms with Gasteiger partial charge in [-0.1, -0.05) is 0 Å². The first-order valence-corrected chi connectivity index (χ1v) is 19.0. The Morgan fingerprint density at radius 1 is 0.714 bits per heavy atom. The van der Waals surface area contributed by atoms with E-state index in [0.29, 0.717) is 72.5 Å². The number of aromatic nitrogens is 4. The fourth-order valence-corrected chi connectivity index (χ4v) is 7.60. The molecule has 2 aromatic heterocycles. The van der Waals surface area contributed by atoms with E-state index in [1.807, 2.05) is 9.13 Å². The van der Waals surface area contributed by atoms with E-state index in [9.17, 15) is 38.2 Å². The number of nitrogens with one attached hydrogen (secondary N) is 4. The normalized spacial score (nSPS) is 19.4. The molecular formula is C38H50F2N10O6. The lowest BCUT2D eigenvalue weighted by Gasteiger charge is -2.30. The lowest BCUT2D eigenvalue weighted by atomic mass is 10.1. The Balaban J connectivity index is 1.37. The van der Waals surface area contributed by atoms with Crippen molar-refractivity contribution < 1.29 is 38.2 Å². The maximum Gasteiger partial charge on any atom is 0.247 e. The Kier molecular flexibility index (Phi) is 12.6. The van der Waals surface area contributed by atoms with Crippen molar-refractivity contribution in [1.29, 1.82) is 0 Å². The summed E-state index contributed by atoms with van der Waals surface area (Å²) >= 11 is 0. The second kappa shape index (κ2) is 17.4. The van der Waals surface area contributed by atoms with Crippen molar-refractivity contribution >= 4 is 45.7 Å². The highest BCUT2D eigenvalue weighted by Gasteiger charge is 2.37. The van der Waals surface area contributed by atoms with Gasteiger partial charge in [0.25, 0.3) is 0 Å².